The van der Waals surface area contributed by atoms with Crippen molar-refractivity contribution in [2.24, 2.45) is 0 Å². The minimum Gasteiger partial charge on any atom is -0.382 e. The average Bonchev–Trinajstić information content (AvgIpc) is 2.79. The zero-order chi connectivity index (χ0) is 15.9. The maximum absolute atomic E-state index is 12.2. The van der Waals surface area contributed by atoms with Crippen LogP contribution in [0.2, 0.25) is 0 Å². The first-order valence-corrected chi connectivity index (χ1v) is 9.11. The molecule has 7 nitrogen and oxygen atoms in total. The van der Waals surface area contributed by atoms with Crippen molar-refractivity contribution in [1.82, 2.24) is 8.68 Å². The Hall–Kier alpha value is -0.900. The van der Waals surface area contributed by atoms with E-state index in [4.69, 9.17) is 10.5 Å². The third-order valence-electron chi connectivity index (χ3n) is 2.81. The van der Waals surface area contributed by atoms with Crippen molar-refractivity contribution in [2.75, 3.05) is 44.9 Å². The first-order chi connectivity index (χ1) is 9.91. The Morgan fingerprint density at radius 3 is 2.62 bits per heavy atom. The minimum atomic E-state index is -3.59. The van der Waals surface area contributed by atoms with Gasteiger partial charge in [-0.3, -0.25) is 0 Å². The molecule has 0 fully saturated rings. The molecule has 1 heterocycles. The van der Waals surface area contributed by atoms with Crippen LogP contribution >= 0.6 is 11.5 Å². The second-order valence-corrected chi connectivity index (χ2v) is 7.62. The van der Waals surface area contributed by atoms with Gasteiger partial charge in [0, 0.05) is 33.9 Å². The Morgan fingerprint density at radius 1 is 1.33 bits per heavy atom. The second-order valence-electron chi connectivity index (χ2n) is 4.76. The molecular weight excluding hydrogens is 312 g/mol. The smallest absolute Gasteiger partial charge is 0.249 e. The van der Waals surface area contributed by atoms with E-state index < -0.39 is 10.0 Å². The summed E-state index contributed by atoms with van der Waals surface area (Å²) in [6, 6.07) is 0. The van der Waals surface area contributed by atoms with Gasteiger partial charge in [-0.25, -0.2) is 12.7 Å². The molecule has 1 aromatic heterocycles. The highest BCUT2D eigenvalue weighted by atomic mass is 32.2. The monoisotopic (exact) mass is 336 g/mol. The molecule has 0 aliphatic rings. The molecule has 0 aliphatic heterocycles. The van der Waals surface area contributed by atoms with Gasteiger partial charge in [0.05, 0.1) is 0 Å². The standard InChI is InChI=1S/C12H24N4O3S2/c1-4-5-8-19-9-6-7-14-12-10(11(13)15-20-12)21(17,18)16(2)3/h14H,4-9H2,1-3H3,(H2,13,15). The lowest BCUT2D eigenvalue weighted by Crippen LogP contribution is -2.23. The topological polar surface area (TPSA) is 97.5 Å². The van der Waals surface area contributed by atoms with Crippen LogP contribution in [0.15, 0.2) is 4.90 Å². The molecule has 1 aromatic rings. The molecule has 0 radical (unpaired) electrons. The van der Waals surface area contributed by atoms with E-state index in [0.29, 0.717) is 18.2 Å². The first kappa shape index (κ1) is 18.1. The number of rotatable bonds is 10. The minimum absolute atomic E-state index is 0.0374. The number of nitrogens with one attached hydrogen (secondary N) is 1. The van der Waals surface area contributed by atoms with Crippen molar-refractivity contribution < 1.29 is 13.2 Å². The maximum atomic E-state index is 12.2. The normalized spacial score (nSPS) is 12.0. The van der Waals surface area contributed by atoms with Gasteiger partial charge in [0.1, 0.15) is 5.00 Å². The number of unbranched alkanes of at least 4 members (excludes halogenated alkanes) is 1. The number of nitrogens with two attached hydrogens (primary N) is 1. The summed E-state index contributed by atoms with van der Waals surface area (Å²) in [5.74, 6) is 0.0374. The van der Waals surface area contributed by atoms with Gasteiger partial charge < -0.3 is 15.8 Å². The van der Waals surface area contributed by atoms with Crippen molar-refractivity contribution in [2.45, 2.75) is 31.1 Å². The fourth-order valence-corrected chi connectivity index (χ4v) is 3.67. The van der Waals surface area contributed by atoms with Crippen LogP contribution in [0.25, 0.3) is 0 Å². The summed E-state index contributed by atoms with van der Waals surface area (Å²) in [5.41, 5.74) is 5.68. The number of ether oxygens (including phenoxy) is 1. The molecule has 122 valence electrons. The molecular formula is C12H24N4O3S2. The number of aromatic nitrogens is 1. The molecule has 0 saturated heterocycles. The number of sulfonamides is 1. The molecule has 0 bridgehead atoms. The summed E-state index contributed by atoms with van der Waals surface area (Å²) in [7, 11) is -0.647. The van der Waals surface area contributed by atoms with E-state index in [0.717, 1.165) is 41.7 Å². The van der Waals surface area contributed by atoms with Crippen molar-refractivity contribution in [3.63, 3.8) is 0 Å². The van der Waals surface area contributed by atoms with E-state index in [1.165, 1.54) is 14.1 Å². The molecule has 1 rings (SSSR count). The SMILES string of the molecule is CCCCOCCCNc1snc(N)c1S(=O)(=O)N(C)C. The van der Waals surface area contributed by atoms with E-state index in [-0.39, 0.29) is 10.7 Å². The number of nitrogen functional groups attached to an aromatic ring is 1. The van der Waals surface area contributed by atoms with Crippen LogP contribution in [-0.4, -0.2) is 51.0 Å². The number of anilines is 2. The molecule has 0 amide bonds. The molecule has 0 aromatic carbocycles. The van der Waals surface area contributed by atoms with Gasteiger partial charge in [-0.15, -0.1) is 0 Å². The Balaban J connectivity index is 2.54. The van der Waals surface area contributed by atoms with Gasteiger partial charge in [-0.05, 0) is 24.4 Å². The maximum Gasteiger partial charge on any atom is 0.249 e. The van der Waals surface area contributed by atoms with E-state index in [1.807, 2.05) is 0 Å². The zero-order valence-electron chi connectivity index (χ0n) is 12.8. The third-order valence-corrected chi connectivity index (χ3v) is 5.64. The van der Waals surface area contributed by atoms with E-state index in [9.17, 15) is 8.42 Å². The summed E-state index contributed by atoms with van der Waals surface area (Å²) in [5, 5.41) is 3.56. The first-order valence-electron chi connectivity index (χ1n) is 6.90. The molecule has 0 spiro atoms. The predicted molar refractivity (Wildman–Crippen MR) is 86.2 cm³/mol. The summed E-state index contributed by atoms with van der Waals surface area (Å²) in [4.78, 5) is 0.0596. The van der Waals surface area contributed by atoms with Crippen molar-refractivity contribution in [1.29, 1.82) is 0 Å². The van der Waals surface area contributed by atoms with Crippen LogP contribution in [0.5, 0.6) is 0 Å². The molecule has 21 heavy (non-hydrogen) atoms. The van der Waals surface area contributed by atoms with Crippen LogP contribution in [0.4, 0.5) is 10.8 Å². The fraction of sp³-hybridized carbons (Fsp3) is 0.750. The second kappa shape index (κ2) is 8.52. The summed E-state index contributed by atoms with van der Waals surface area (Å²) >= 11 is 1.06. The van der Waals surface area contributed by atoms with Gasteiger partial charge in [0.15, 0.2) is 10.7 Å². The lowest BCUT2D eigenvalue weighted by atomic mass is 10.4. The molecule has 0 atom stereocenters. The average molecular weight is 336 g/mol. The van der Waals surface area contributed by atoms with Crippen molar-refractivity contribution >= 4 is 32.4 Å². The Morgan fingerprint density at radius 2 is 2.00 bits per heavy atom. The molecule has 9 heteroatoms. The summed E-state index contributed by atoms with van der Waals surface area (Å²) < 4.78 is 34.9. The van der Waals surface area contributed by atoms with E-state index >= 15 is 0 Å². The van der Waals surface area contributed by atoms with Gasteiger partial charge in [-0.2, -0.15) is 4.37 Å². The predicted octanol–water partition coefficient (Wildman–Crippen LogP) is 1.59. The molecule has 0 unspecified atom stereocenters. The summed E-state index contributed by atoms with van der Waals surface area (Å²) in [6.45, 7) is 4.15. The van der Waals surface area contributed by atoms with Gasteiger partial charge in [0.25, 0.3) is 0 Å². The van der Waals surface area contributed by atoms with Crippen LogP contribution < -0.4 is 11.1 Å². The molecule has 0 aliphatic carbocycles. The number of nitrogens with zero attached hydrogens (tertiary/aromatic N) is 2. The van der Waals surface area contributed by atoms with E-state index in [1.54, 1.807) is 0 Å². The van der Waals surface area contributed by atoms with Crippen molar-refractivity contribution in [3.8, 4) is 0 Å². The third kappa shape index (κ3) is 5.10. The van der Waals surface area contributed by atoms with Gasteiger partial charge in [0.2, 0.25) is 10.0 Å². The van der Waals surface area contributed by atoms with Crippen LogP contribution in [-0.2, 0) is 14.8 Å². The van der Waals surface area contributed by atoms with Crippen molar-refractivity contribution in [3.05, 3.63) is 0 Å². The van der Waals surface area contributed by atoms with Gasteiger partial charge >= 0.3 is 0 Å². The molecule has 3 N–H and O–H groups in total. The highest BCUT2D eigenvalue weighted by molar-refractivity contribution is 7.89. The summed E-state index contributed by atoms with van der Waals surface area (Å²) in [6.07, 6.45) is 2.97. The highest BCUT2D eigenvalue weighted by Crippen LogP contribution is 2.32. The largest absolute Gasteiger partial charge is 0.382 e. The van der Waals surface area contributed by atoms with Crippen LogP contribution in [0.3, 0.4) is 0 Å². The zero-order valence-corrected chi connectivity index (χ0v) is 14.4. The number of hydrogen-bond donors (Lipinski definition) is 2. The Labute approximate surface area is 130 Å². The Kier molecular flexibility index (Phi) is 7.36. The van der Waals surface area contributed by atoms with Gasteiger partial charge in [-0.1, -0.05) is 13.3 Å². The lowest BCUT2D eigenvalue weighted by molar-refractivity contribution is 0.131. The van der Waals surface area contributed by atoms with Crippen LogP contribution in [0, 0.1) is 0 Å². The lowest BCUT2D eigenvalue weighted by Gasteiger charge is -2.12. The molecule has 0 saturated carbocycles. The Bertz CT molecular complexity index is 529. The highest BCUT2D eigenvalue weighted by Gasteiger charge is 2.27. The van der Waals surface area contributed by atoms with E-state index in [2.05, 4.69) is 16.6 Å². The number of hydrogen-bond acceptors (Lipinski definition) is 7. The fourth-order valence-electron chi connectivity index (χ4n) is 1.56. The quantitative estimate of drug-likeness (QED) is 0.630. The van der Waals surface area contributed by atoms with Crippen LogP contribution in [0.1, 0.15) is 26.2 Å².